The summed E-state index contributed by atoms with van der Waals surface area (Å²) in [5.74, 6) is -1.14. The maximum atomic E-state index is 11.8. The summed E-state index contributed by atoms with van der Waals surface area (Å²) in [7, 11) is 0. The van der Waals surface area contributed by atoms with Crippen LogP contribution in [0.25, 0.3) is 0 Å². The molecule has 0 fully saturated rings. The Bertz CT molecular complexity index is 807. The maximum absolute atomic E-state index is 11.8. The molecule has 9 heteroatoms. The molecule has 0 radical (unpaired) electrons. The van der Waals surface area contributed by atoms with E-state index in [1.54, 1.807) is 6.07 Å². The molecule has 3 N–H and O–H groups in total. The zero-order valence-corrected chi connectivity index (χ0v) is 13.6. The monoisotopic (exact) mass is 427 g/mol. The first-order valence-corrected chi connectivity index (χ1v) is 7.26. The van der Waals surface area contributed by atoms with Crippen LogP contribution in [0.3, 0.4) is 0 Å². The molecule has 1 amide bonds. The Morgan fingerprint density at radius 3 is 2.70 bits per heavy atom. The molecule has 0 saturated carbocycles. The van der Waals surface area contributed by atoms with E-state index in [0.29, 0.717) is 3.57 Å². The molecule has 0 spiro atoms. The lowest BCUT2D eigenvalue weighted by molar-refractivity contribution is -0.385. The van der Waals surface area contributed by atoms with Crippen molar-refractivity contribution in [3.05, 3.63) is 61.2 Å². The molecule has 2 rings (SSSR count). The van der Waals surface area contributed by atoms with Crippen LogP contribution in [-0.2, 0) is 0 Å². The molecule has 2 aromatic carbocycles. The molecule has 0 unspecified atom stereocenters. The molecule has 0 heterocycles. The van der Waals surface area contributed by atoms with Gasteiger partial charge in [0.15, 0.2) is 0 Å². The average Bonchev–Trinajstić information content (AvgIpc) is 2.51. The summed E-state index contributed by atoms with van der Waals surface area (Å²) < 4.78 is 0.601. The van der Waals surface area contributed by atoms with Gasteiger partial charge in [-0.3, -0.25) is 14.9 Å². The van der Waals surface area contributed by atoms with Crippen molar-refractivity contribution in [3.8, 4) is 11.5 Å². The quantitative estimate of drug-likeness (QED) is 0.299. The Kier molecular flexibility index (Phi) is 5.11. The van der Waals surface area contributed by atoms with Gasteiger partial charge in [0.1, 0.15) is 5.75 Å². The number of nitro benzene ring substituents is 1. The molecule has 0 aliphatic carbocycles. The van der Waals surface area contributed by atoms with E-state index in [1.165, 1.54) is 24.3 Å². The molecule has 0 atom stereocenters. The van der Waals surface area contributed by atoms with E-state index < -0.39 is 22.3 Å². The van der Waals surface area contributed by atoms with Crippen molar-refractivity contribution in [1.29, 1.82) is 0 Å². The van der Waals surface area contributed by atoms with Crippen molar-refractivity contribution in [2.45, 2.75) is 0 Å². The molecule has 0 bridgehead atoms. The number of nitro groups is 1. The fourth-order valence-corrected chi connectivity index (χ4v) is 2.01. The molecule has 118 valence electrons. The van der Waals surface area contributed by atoms with Gasteiger partial charge in [0.05, 0.1) is 14.7 Å². The number of halogens is 1. The van der Waals surface area contributed by atoms with Crippen LogP contribution in [-0.4, -0.2) is 27.3 Å². The molecule has 0 aliphatic heterocycles. The highest BCUT2D eigenvalue weighted by Crippen LogP contribution is 2.27. The van der Waals surface area contributed by atoms with E-state index in [-0.39, 0.29) is 16.9 Å². The number of amides is 1. The Labute approximate surface area is 143 Å². The van der Waals surface area contributed by atoms with Crippen LogP contribution in [0.2, 0.25) is 0 Å². The summed E-state index contributed by atoms with van der Waals surface area (Å²) in [6.07, 6.45) is 1.09. The Morgan fingerprint density at radius 2 is 2.04 bits per heavy atom. The number of hydrazone groups is 1. The number of para-hydroxylation sites is 1. The molecule has 0 saturated heterocycles. The van der Waals surface area contributed by atoms with Crippen molar-refractivity contribution in [3.63, 3.8) is 0 Å². The van der Waals surface area contributed by atoms with Gasteiger partial charge in [0, 0.05) is 17.2 Å². The number of hydrogen-bond acceptors (Lipinski definition) is 6. The molecule has 23 heavy (non-hydrogen) atoms. The van der Waals surface area contributed by atoms with Crippen LogP contribution < -0.4 is 5.43 Å². The van der Waals surface area contributed by atoms with Crippen molar-refractivity contribution in [2.75, 3.05) is 0 Å². The molecular formula is C14H10IN3O5. The van der Waals surface area contributed by atoms with Crippen LogP contribution in [0.4, 0.5) is 5.69 Å². The van der Waals surface area contributed by atoms with Crippen molar-refractivity contribution < 1.29 is 19.9 Å². The Balaban J connectivity index is 2.12. The lowest BCUT2D eigenvalue weighted by Crippen LogP contribution is -2.17. The van der Waals surface area contributed by atoms with Gasteiger partial charge < -0.3 is 10.2 Å². The third-order valence-electron chi connectivity index (χ3n) is 2.82. The standard InChI is InChI=1S/C14H10IN3O5/c15-10-5-4-8(6-12(10)19)14(21)17-16-7-9-2-1-3-11(13(9)20)18(22)23/h1-7,19-20H,(H,17,21)/b16-7-. The number of rotatable bonds is 4. The number of hydrogen-bond donors (Lipinski definition) is 3. The minimum absolute atomic E-state index is 0.0291. The van der Waals surface area contributed by atoms with Crippen LogP contribution in [0, 0.1) is 13.7 Å². The first-order valence-electron chi connectivity index (χ1n) is 6.18. The fraction of sp³-hybridized carbons (Fsp3) is 0. The minimum atomic E-state index is -0.723. The average molecular weight is 427 g/mol. The van der Waals surface area contributed by atoms with E-state index >= 15 is 0 Å². The lowest BCUT2D eigenvalue weighted by atomic mass is 10.2. The maximum Gasteiger partial charge on any atom is 0.311 e. The van der Waals surface area contributed by atoms with Crippen LogP contribution in [0.5, 0.6) is 11.5 Å². The van der Waals surface area contributed by atoms with E-state index in [2.05, 4.69) is 10.5 Å². The second kappa shape index (κ2) is 7.05. The van der Waals surface area contributed by atoms with Crippen LogP contribution in [0.1, 0.15) is 15.9 Å². The number of carbonyl (C=O) groups is 1. The minimum Gasteiger partial charge on any atom is -0.507 e. The van der Waals surface area contributed by atoms with Gasteiger partial charge in [-0.25, -0.2) is 5.43 Å². The summed E-state index contributed by atoms with van der Waals surface area (Å²) in [6, 6.07) is 8.32. The summed E-state index contributed by atoms with van der Waals surface area (Å²) in [6.45, 7) is 0. The van der Waals surface area contributed by atoms with E-state index in [1.807, 2.05) is 22.6 Å². The van der Waals surface area contributed by atoms with Gasteiger partial charge in [-0.15, -0.1) is 0 Å². The smallest absolute Gasteiger partial charge is 0.311 e. The van der Waals surface area contributed by atoms with E-state index in [9.17, 15) is 25.1 Å². The largest absolute Gasteiger partial charge is 0.507 e. The highest BCUT2D eigenvalue weighted by molar-refractivity contribution is 14.1. The number of nitrogens with one attached hydrogen (secondary N) is 1. The van der Waals surface area contributed by atoms with Gasteiger partial charge in [-0.05, 0) is 46.9 Å². The third kappa shape index (κ3) is 3.94. The fourth-order valence-electron chi connectivity index (χ4n) is 1.68. The topological polar surface area (TPSA) is 125 Å². The summed E-state index contributed by atoms with van der Waals surface area (Å²) in [5.41, 5.74) is 2.04. The molecule has 0 aromatic heterocycles. The zero-order chi connectivity index (χ0) is 17.0. The second-order valence-corrected chi connectivity index (χ2v) is 5.50. The first-order chi connectivity index (χ1) is 10.9. The van der Waals surface area contributed by atoms with E-state index in [0.717, 1.165) is 12.3 Å². The van der Waals surface area contributed by atoms with Gasteiger partial charge in [0.25, 0.3) is 5.91 Å². The summed E-state index contributed by atoms with van der Waals surface area (Å²) >= 11 is 1.92. The van der Waals surface area contributed by atoms with Crippen LogP contribution >= 0.6 is 22.6 Å². The SMILES string of the molecule is O=C(N/N=C\c1cccc([N+](=O)[O-])c1O)c1ccc(I)c(O)c1. The highest BCUT2D eigenvalue weighted by Gasteiger charge is 2.15. The second-order valence-electron chi connectivity index (χ2n) is 4.34. The van der Waals surface area contributed by atoms with Gasteiger partial charge in [0.2, 0.25) is 5.75 Å². The molecule has 2 aromatic rings. The summed E-state index contributed by atoms with van der Waals surface area (Å²) in [4.78, 5) is 21.8. The van der Waals surface area contributed by atoms with Gasteiger partial charge in [-0.1, -0.05) is 6.07 Å². The number of phenolic OH excluding ortho intramolecular Hbond substituents is 2. The van der Waals surface area contributed by atoms with Gasteiger partial charge in [-0.2, -0.15) is 5.10 Å². The highest BCUT2D eigenvalue weighted by atomic mass is 127. The number of phenols is 2. The predicted octanol–water partition coefficient (Wildman–Crippen LogP) is 2.37. The zero-order valence-electron chi connectivity index (χ0n) is 11.4. The predicted molar refractivity (Wildman–Crippen MR) is 90.6 cm³/mol. The Morgan fingerprint density at radius 1 is 1.30 bits per heavy atom. The van der Waals surface area contributed by atoms with Crippen molar-refractivity contribution >= 4 is 40.4 Å². The van der Waals surface area contributed by atoms with Crippen LogP contribution in [0.15, 0.2) is 41.5 Å². The molecule has 8 nitrogen and oxygen atoms in total. The van der Waals surface area contributed by atoms with Crippen molar-refractivity contribution in [2.24, 2.45) is 5.10 Å². The number of carbonyl (C=O) groups excluding carboxylic acids is 1. The summed E-state index contributed by atoms with van der Waals surface area (Å²) in [5, 5.41) is 33.6. The lowest BCUT2D eigenvalue weighted by Gasteiger charge is -2.02. The van der Waals surface area contributed by atoms with E-state index in [4.69, 9.17) is 0 Å². The number of benzene rings is 2. The first kappa shape index (κ1) is 16.7. The van der Waals surface area contributed by atoms with Gasteiger partial charge >= 0.3 is 5.69 Å². The number of nitrogens with zero attached hydrogens (tertiary/aromatic N) is 2. The Hall–Kier alpha value is -2.69. The number of aromatic hydroxyl groups is 2. The third-order valence-corrected chi connectivity index (χ3v) is 3.73. The van der Waals surface area contributed by atoms with Crippen molar-refractivity contribution in [1.82, 2.24) is 5.43 Å². The molecular weight excluding hydrogens is 417 g/mol. The normalized spacial score (nSPS) is 10.7. The molecule has 0 aliphatic rings.